The van der Waals surface area contributed by atoms with Crippen LogP contribution in [0.15, 0.2) is 243 Å². The first-order valence-corrected chi connectivity index (χ1v) is 35.8. The van der Waals surface area contributed by atoms with Crippen LogP contribution in [0.25, 0.3) is 0 Å². The van der Waals surface area contributed by atoms with Crippen LogP contribution in [0.1, 0.15) is 69.0 Å². The highest BCUT2D eigenvalue weighted by molar-refractivity contribution is 5.94. The maximum atomic E-state index is 15.8. The molecular weight excluding hydrogens is 1380 g/mol. The lowest BCUT2D eigenvalue weighted by molar-refractivity contribution is -0.149. The van der Waals surface area contributed by atoms with Crippen LogP contribution < -0.4 is 30.0 Å². The number of pyridine rings is 1. The zero-order chi connectivity index (χ0) is 77.0. The van der Waals surface area contributed by atoms with E-state index in [2.05, 4.69) is 10.3 Å². The fraction of sp³-hybridized carbons (Fsp3) is 0.271. The molecule has 10 rings (SSSR count). The molecule has 0 radical (unpaired) electrons. The van der Waals surface area contributed by atoms with Crippen molar-refractivity contribution >= 4 is 53.2 Å². The minimum atomic E-state index is -0.752. The number of benzene rings is 8. The number of likely N-dealkylation sites (N-methyl/N-ethyl adjacent to an activating group) is 1. The zero-order valence-corrected chi connectivity index (χ0v) is 61.7. The molecule has 0 saturated heterocycles. The quantitative estimate of drug-likeness (QED) is 0.0369. The SMILES string of the molecule is COc1ccc(CN(CC(=O)N(CC(=O)N(CC(=O)N(CC(=O)N(C)CC(=O)N(CC(=O)N(CC(=O)N(CC(N)=O)Cc2ccccc2)[C@@H](C)c2ccccc2)Cc2ccncc2)CC(c2ccccc2)c2ccccc2)Cc2ccccc2)Cc2ccccc2)C(=O)CNCc2ccc3c(c2)OCO3)cc1OC. The molecule has 9 aromatic rings. The Morgan fingerprint density at radius 3 is 1.31 bits per heavy atom. The summed E-state index contributed by atoms with van der Waals surface area (Å²) in [6.07, 6.45) is 3.09. The molecule has 1 atom stereocenters. The number of hydrogen-bond donors (Lipinski definition) is 2. The summed E-state index contributed by atoms with van der Waals surface area (Å²) in [5.74, 6) is -3.97. The number of aromatic nitrogens is 1. The van der Waals surface area contributed by atoms with E-state index < -0.39 is 117 Å². The number of ether oxygens (including phenoxy) is 4. The normalized spacial score (nSPS) is 11.5. The van der Waals surface area contributed by atoms with Crippen molar-refractivity contribution < 1.29 is 62.1 Å². The number of nitrogens with zero attached hydrogens (tertiary/aromatic N) is 9. The van der Waals surface area contributed by atoms with Crippen LogP contribution in [0.4, 0.5) is 0 Å². The van der Waals surface area contributed by atoms with Gasteiger partial charge in [-0.3, -0.25) is 48.1 Å². The van der Waals surface area contributed by atoms with E-state index in [0.717, 1.165) is 22.3 Å². The minimum absolute atomic E-state index is 0.0285. The molecule has 0 unspecified atom stereocenters. The number of amides is 9. The summed E-state index contributed by atoms with van der Waals surface area (Å²) < 4.78 is 22.2. The molecule has 1 aliphatic heterocycles. The third-order valence-electron chi connectivity index (χ3n) is 18.7. The number of hydrogen-bond acceptors (Lipinski definition) is 15. The van der Waals surface area contributed by atoms with Gasteiger partial charge in [-0.1, -0.05) is 194 Å². The minimum Gasteiger partial charge on any atom is -0.493 e. The lowest BCUT2D eigenvalue weighted by Crippen LogP contribution is -2.52. The molecule has 8 aromatic carbocycles. The van der Waals surface area contributed by atoms with Crippen LogP contribution in [0, 0.1) is 0 Å². The van der Waals surface area contributed by atoms with Gasteiger partial charge in [0.05, 0.1) is 46.4 Å². The van der Waals surface area contributed by atoms with E-state index in [-0.39, 0.29) is 59.2 Å². The van der Waals surface area contributed by atoms with Gasteiger partial charge in [-0.05, 0) is 93.4 Å². The van der Waals surface area contributed by atoms with E-state index in [1.54, 1.807) is 104 Å². The average molecular weight is 1470 g/mol. The largest absolute Gasteiger partial charge is 0.493 e. The number of carbonyl (C=O) groups excluding carboxylic acids is 9. The van der Waals surface area contributed by atoms with Gasteiger partial charge >= 0.3 is 0 Å². The molecular formula is C85H91N11O13. The second-order valence-electron chi connectivity index (χ2n) is 26.5. The van der Waals surface area contributed by atoms with Gasteiger partial charge in [-0.2, -0.15) is 0 Å². The molecule has 0 bridgehead atoms. The Balaban J connectivity index is 0.926. The summed E-state index contributed by atoms with van der Waals surface area (Å²) in [7, 11) is 4.44. The van der Waals surface area contributed by atoms with Crippen LogP contribution in [0.3, 0.4) is 0 Å². The van der Waals surface area contributed by atoms with E-state index in [1.165, 1.54) is 60.5 Å². The second kappa shape index (κ2) is 39.6. The maximum Gasteiger partial charge on any atom is 0.243 e. The average Bonchev–Trinajstić information content (AvgIpc) is 1.77. The monoisotopic (exact) mass is 1470 g/mol. The number of nitrogens with one attached hydrogen (secondary N) is 1. The number of methoxy groups -OCH3 is 2. The van der Waals surface area contributed by atoms with Crippen molar-refractivity contribution in [2.45, 2.75) is 58.2 Å². The van der Waals surface area contributed by atoms with Crippen molar-refractivity contribution in [2.24, 2.45) is 5.73 Å². The number of rotatable bonds is 38. The van der Waals surface area contributed by atoms with E-state index in [9.17, 15) is 14.4 Å². The predicted molar refractivity (Wildman–Crippen MR) is 409 cm³/mol. The number of primary amides is 1. The molecule has 24 nitrogen and oxygen atoms in total. The summed E-state index contributed by atoms with van der Waals surface area (Å²) in [5, 5.41) is 3.21. The van der Waals surface area contributed by atoms with Crippen LogP contribution in [-0.4, -0.2) is 191 Å². The molecule has 0 aliphatic carbocycles. The topological polar surface area (TPSA) is 267 Å². The summed E-state index contributed by atoms with van der Waals surface area (Å²) in [6, 6.07) is 68.5. The standard InChI is InChI=1S/C85H91N11O13/c1-62(69-29-17-8-18-30-69)96(60-84(104)90(53-77(86)97)47-63-23-11-5-12-24-63)85(105)59-94(50-66-39-41-87-42-40-66)80(100)54-89(2)79(99)55-95(52-72(70-31-19-9-20-32-70)71-33-21-10-22-34-71)83(103)58-93(49-65-27-15-7-16-28-65)82(102)57-92(48-64-25-13-6-14-26-64)81(101)56-91(51-68-36-37-73(106-3)75(44-68)107-4)78(98)46-88-45-67-35-38-74-76(43-67)109-61-108-74/h5-44,62,72,88H,45-61H2,1-4H3,(H2,86,97)/t62-/m0/s1. The predicted octanol–water partition coefficient (Wildman–Crippen LogP) is 8.26. The lowest BCUT2D eigenvalue weighted by atomic mass is 9.90. The Kier molecular flexibility index (Phi) is 28.7. The van der Waals surface area contributed by atoms with Crippen molar-refractivity contribution in [3.63, 3.8) is 0 Å². The Morgan fingerprint density at radius 2 is 0.807 bits per heavy atom. The van der Waals surface area contributed by atoms with Crippen LogP contribution in [-0.2, 0) is 82.4 Å². The number of fused-ring (bicyclic) bond motifs is 1. The van der Waals surface area contributed by atoms with Crippen LogP contribution >= 0.6 is 0 Å². The van der Waals surface area contributed by atoms with Crippen molar-refractivity contribution in [2.75, 3.05) is 93.5 Å². The highest BCUT2D eigenvalue weighted by Gasteiger charge is 2.34. The molecule has 564 valence electrons. The van der Waals surface area contributed by atoms with Gasteiger partial charge in [0.2, 0.25) is 60.0 Å². The van der Waals surface area contributed by atoms with Gasteiger partial charge in [-0.15, -0.1) is 0 Å². The number of carbonyl (C=O) groups is 9. The Hall–Kier alpha value is -12.7. The van der Waals surface area contributed by atoms with E-state index in [4.69, 9.17) is 24.7 Å². The van der Waals surface area contributed by atoms with E-state index in [0.29, 0.717) is 50.8 Å². The molecule has 0 fully saturated rings. The molecule has 0 spiro atoms. The molecule has 109 heavy (non-hydrogen) atoms. The van der Waals surface area contributed by atoms with Crippen LogP contribution in [0.5, 0.6) is 23.0 Å². The van der Waals surface area contributed by atoms with Crippen molar-refractivity contribution in [3.05, 3.63) is 293 Å². The first kappa shape index (κ1) is 78.9. The maximum absolute atomic E-state index is 15.8. The Morgan fingerprint density at radius 1 is 0.404 bits per heavy atom. The number of nitrogens with two attached hydrogens (primary N) is 1. The second-order valence-corrected chi connectivity index (χ2v) is 26.5. The first-order valence-electron chi connectivity index (χ1n) is 35.8. The van der Waals surface area contributed by atoms with Crippen LogP contribution in [0.2, 0.25) is 0 Å². The Labute approximate surface area is 635 Å². The van der Waals surface area contributed by atoms with E-state index >= 15 is 28.8 Å². The van der Waals surface area contributed by atoms with E-state index in [1.807, 2.05) is 146 Å². The molecule has 9 amide bonds. The fourth-order valence-corrected chi connectivity index (χ4v) is 12.7. The zero-order valence-electron chi connectivity index (χ0n) is 61.7. The highest BCUT2D eigenvalue weighted by Crippen LogP contribution is 2.33. The highest BCUT2D eigenvalue weighted by atomic mass is 16.7. The third kappa shape index (κ3) is 23.2. The lowest BCUT2D eigenvalue weighted by Gasteiger charge is -2.34. The summed E-state index contributed by atoms with van der Waals surface area (Å²) in [5.41, 5.74) is 12.1. The van der Waals surface area contributed by atoms with Crippen molar-refractivity contribution in [3.8, 4) is 23.0 Å². The summed E-state index contributed by atoms with van der Waals surface area (Å²) in [4.78, 5) is 148. The Bertz CT molecular complexity index is 4480. The molecule has 3 N–H and O–H groups in total. The molecule has 24 heteroatoms. The molecule has 1 aliphatic rings. The van der Waals surface area contributed by atoms with Gasteiger partial charge in [0.15, 0.2) is 23.0 Å². The van der Waals surface area contributed by atoms with Gasteiger partial charge in [0, 0.05) is 71.2 Å². The fourth-order valence-electron chi connectivity index (χ4n) is 12.7. The molecule has 0 saturated carbocycles. The smallest absolute Gasteiger partial charge is 0.243 e. The van der Waals surface area contributed by atoms with Crippen molar-refractivity contribution in [1.29, 1.82) is 0 Å². The van der Waals surface area contributed by atoms with Crippen molar-refractivity contribution in [1.82, 2.24) is 49.5 Å². The first-order chi connectivity index (χ1) is 52.9. The summed E-state index contributed by atoms with van der Waals surface area (Å²) in [6.45, 7) is -2.64. The van der Waals surface area contributed by atoms with Gasteiger partial charge in [-0.25, -0.2) is 0 Å². The molecule has 2 heterocycles. The van der Waals surface area contributed by atoms with Gasteiger partial charge in [0.25, 0.3) is 0 Å². The van der Waals surface area contributed by atoms with Gasteiger partial charge in [0.1, 0.15) is 32.7 Å². The molecule has 1 aromatic heterocycles. The summed E-state index contributed by atoms with van der Waals surface area (Å²) >= 11 is 0. The van der Waals surface area contributed by atoms with Gasteiger partial charge < -0.3 is 69.2 Å². The third-order valence-corrected chi connectivity index (χ3v) is 18.7.